The Hall–Kier alpha value is -2.10. The zero-order valence-electron chi connectivity index (χ0n) is 20.5. The number of rotatable bonds is 9. The Bertz CT molecular complexity index is 989. The quantitative estimate of drug-likeness (QED) is 0.533. The molecule has 2 aromatic carbocycles. The normalized spacial score (nSPS) is 19.5. The van der Waals surface area contributed by atoms with Crippen LogP contribution in [0.3, 0.4) is 0 Å². The summed E-state index contributed by atoms with van der Waals surface area (Å²) >= 11 is 1.87. The molecule has 7 nitrogen and oxygen atoms in total. The van der Waals surface area contributed by atoms with Gasteiger partial charge in [-0.3, -0.25) is 9.80 Å². The van der Waals surface area contributed by atoms with E-state index in [2.05, 4.69) is 67.0 Å². The van der Waals surface area contributed by atoms with Gasteiger partial charge in [0.05, 0.1) is 24.5 Å². The number of benzene rings is 2. The highest BCUT2D eigenvalue weighted by molar-refractivity contribution is 7.99. The number of nitrogens with zero attached hydrogens (tertiary/aromatic N) is 5. The van der Waals surface area contributed by atoms with E-state index < -0.39 is 0 Å². The highest BCUT2D eigenvalue weighted by Gasteiger charge is 2.25. The molecule has 0 unspecified atom stereocenters. The second-order valence-corrected chi connectivity index (χ2v) is 10.7. The molecule has 2 saturated heterocycles. The molecule has 3 heterocycles. The number of fused-ring (bicyclic) bond motifs is 2. The van der Waals surface area contributed by atoms with Gasteiger partial charge in [-0.05, 0) is 43.3 Å². The van der Waals surface area contributed by atoms with E-state index in [9.17, 15) is 9.90 Å². The van der Waals surface area contributed by atoms with Gasteiger partial charge < -0.3 is 24.6 Å². The number of aliphatic hydroxyl groups excluding tert-OH is 1. The van der Waals surface area contributed by atoms with Crippen molar-refractivity contribution < 1.29 is 9.90 Å². The number of aldehydes is 1. The molecular formula is C27H37N5O2S. The monoisotopic (exact) mass is 495 g/mol. The van der Waals surface area contributed by atoms with Crippen molar-refractivity contribution in [2.24, 2.45) is 0 Å². The minimum absolute atomic E-state index is 0.252. The van der Waals surface area contributed by atoms with Crippen LogP contribution in [0.1, 0.15) is 6.42 Å². The average Bonchev–Trinajstić information content (AvgIpc) is 2.90. The summed E-state index contributed by atoms with van der Waals surface area (Å²) in [5.41, 5.74) is 3.90. The third kappa shape index (κ3) is 5.84. The molecule has 1 N–H and O–H groups in total. The number of aliphatic hydroxyl groups is 1. The molecule has 8 heteroatoms. The molecule has 3 aliphatic rings. The van der Waals surface area contributed by atoms with Crippen LogP contribution in [0.4, 0.5) is 17.1 Å². The number of β-amino-alcohol motifs (C(OH)–C–C–N with tert-alkyl or cyclic N) is 1. The zero-order valence-corrected chi connectivity index (χ0v) is 21.3. The maximum atomic E-state index is 10.9. The fraction of sp³-hybridized carbons (Fsp3) is 0.519. The molecule has 0 amide bonds. The van der Waals surface area contributed by atoms with Gasteiger partial charge in [0.25, 0.3) is 0 Å². The van der Waals surface area contributed by atoms with E-state index >= 15 is 0 Å². The van der Waals surface area contributed by atoms with E-state index in [4.69, 9.17) is 0 Å². The summed E-state index contributed by atoms with van der Waals surface area (Å²) in [5, 5.41) is 9.19. The largest absolute Gasteiger partial charge is 0.395 e. The number of carbonyl (C=O) groups excluding carboxylic acids is 1. The molecule has 3 aliphatic heterocycles. The Labute approximate surface area is 213 Å². The Balaban J connectivity index is 1.27. The highest BCUT2D eigenvalue weighted by atomic mass is 32.2. The summed E-state index contributed by atoms with van der Waals surface area (Å²) in [6.45, 7) is 11.7. The Morgan fingerprint density at radius 1 is 0.771 bits per heavy atom. The average molecular weight is 496 g/mol. The van der Waals surface area contributed by atoms with Crippen molar-refractivity contribution in [3.05, 3.63) is 42.5 Å². The molecule has 0 spiro atoms. The standard InChI is InChI=1S/C27H37N5O2S/c33-20-18-29-12-10-28(11-13-29)8-3-9-32-24-4-1-2-5-26(24)35-27-7-6-23(22-25(27)32)31-16-14-30(15-17-31)19-21-34/h1-2,4-7,21-22,33H,3,8-20H2. The van der Waals surface area contributed by atoms with Gasteiger partial charge in [-0.15, -0.1) is 0 Å². The van der Waals surface area contributed by atoms with Gasteiger partial charge in [-0.2, -0.15) is 0 Å². The van der Waals surface area contributed by atoms with Crippen LogP contribution in [0.15, 0.2) is 52.3 Å². The number of para-hydroxylation sites is 1. The first-order chi connectivity index (χ1) is 17.2. The fourth-order valence-corrected chi connectivity index (χ4v) is 6.46. The second-order valence-electron chi connectivity index (χ2n) is 9.59. The van der Waals surface area contributed by atoms with Crippen LogP contribution in [0.5, 0.6) is 0 Å². The third-order valence-electron chi connectivity index (χ3n) is 7.42. The molecule has 0 aliphatic carbocycles. The topological polar surface area (TPSA) is 53.5 Å². The molecule has 0 bridgehead atoms. The summed E-state index contributed by atoms with van der Waals surface area (Å²) < 4.78 is 0. The first-order valence-corrected chi connectivity index (χ1v) is 13.7. The van der Waals surface area contributed by atoms with Crippen LogP contribution < -0.4 is 9.80 Å². The first kappa shape index (κ1) is 24.6. The van der Waals surface area contributed by atoms with Crippen LogP contribution in [0.2, 0.25) is 0 Å². The summed E-state index contributed by atoms with van der Waals surface area (Å²) in [6, 6.07) is 15.7. The molecule has 5 rings (SSSR count). The Kier molecular flexibility index (Phi) is 8.26. The second kappa shape index (κ2) is 11.8. The summed E-state index contributed by atoms with van der Waals surface area (Å²) in [5.74, 6) is 0. The van der Waals surface area contributed by atoms with E-state index in [0.29, 0.717) is 6.54 Å². The van der Waals surface area contributed by atoms with Gasteiger partial charge in [-0.1, -0.05) is 23.9 Å². The Morgan fingerprint density at radius 3 is 2.20 bits per heavy atom. The maximum Gasteiger partial charge on any atom is 0.133 e. The number of hydrogen-bond donors (Lipinski definition) is 1. The van der Waals surface area contributed by atoms with Gasteiger partial charge in [0, 0.05) is 80.9 Å². The van der Waals surface area contributed by atoms with Crippen LogP contribution in [-0.2, 0) is 4.79 Å². The summed E-state index contributed by atoms with van der Waals surface area (Å²) in [4.78, 5) is 25.6. The lowest BCUT2D eigenvalue weighted by atomic mass is 10.1. The van der Waals surface area contributed by atoms with Gasteiger partial charge in [0.2, 0.25) is 0 Å². The predicted octanol–water partition coefficient (Wildman–Crippen LogP) is 2.61. The van der Waals surface area contributed by atoms with Crippen molar-refractivity contribution in [3.8, 4) is 0 Å². The number of anilines is 3. The van der Waals surface area contributed by atoms with Crippen molar-refractivity contribution in [2.45, 2.75) is 16.2 Å². The van der Waals surface area contributed by atoms with E-state index in [1.54, 1.807) is 0 Å². The highest BCUT2D eigenvalue weighted by Crippen LogP contribution is 2.49. The summed E-state index contributed by atoms with van der Waals surface area (Å²) in [6.07, 6.45) is 2.13. The van der Waals surface area contributed by atoms with Crippen LogP contribution in [0, 0.1) is 0 Å². The lowest BCUT2D eigenvalue weighted by Gasteiger charge is -2.38. The number of hydrogen-bond acceptors (Lipinski definition) is 8. The smallest absolute Gasteiger partial charge is 0.133 e. The summed E-state index contributed by atoms with van der Waals surface area (Å²) in [7, 11) is 0. The Morgan fingerprint density at radius 2 is 1.46 bits per heavy atom. The number of piperazine rings is 2. The zero-order chi connectivity index (χ0) is 24.0. The van der Waals surface area contributed by atoms with E-state index in [1.807, 2.05) is 11.8 Å². The molecule has 2 fully saturated rings. The van der Waals surface area contributed by atoms with Crippen molar-refractivity contribution in [2.75, 3.05) is 94.9 Å². The van der Waals surface area contributed by atoms with Crippen LogP contribution in [0.25, 0.3) is 0 Å². The molecule has 35 heavy (non-hydrogen) atoms. The molecule has 188 valence electrons. The van der Waals surface area contributed by atoms with Crippen molar-refractivity contribution in [3.63, 3.8) is 0 Å². The fourth-order valence-electron chi connectivity index (χ4n) is 5.38. The number of carbonyl (C=O) groups is 1. The molecule has 2 aromatic rings. The molecule has 0 atom stereocenters. The molecule has 0 saturated carbocycles. The maximum absolute atomic E-state index is 10.9. The SMILES string of the molecule is O=CCN1CCN(c2ccc3c(c2)N(CCCN2CCN(CCO)CC2)c2ccccc2S3)CC1. The van der Waals surface area contributed by atoms with Crippen LogP contribution in [-0.4, -0.2) is 111 Å². The molecule has 0 radical (unpaired) electrons. The van der Waals surface area contributed by atoms with Gasteiger partial charge in [0.15, 0.2) is 0 Å². The molecular weight excluding hydrogens is 458 g/mol. The van der Waals surface area contributed by atoms with E-state index in [-0.39, 0.29) is 6.61 Å². The van der Waals surface area contributed by atoms with Gasteiger partial charge in [-0.25, -0.2) is 0 Å². The first-order valence-electron chi connectivity index (χ1n) is 12.9. The van der Waals surface area contributed by atoms with Crippen molar-refractivity contribution >= 4 is 35.1 Å². The van der Waals surface area contributed by atoms with Gasteiger partial charge in [0.1, 0.15) is 6.29 Å². The van der Waals surface area contributed by atoms with E-state index in [1.165, 1.54) is 26.9 Å². The predicted molar refractivity (Wildman–Crippen MR) is 143 cm³/mol. The van der Waals surface area contributed by atoms with Crippen LogP contribution >= 0.6 is 11.8 Å². The minimum Gasteiger partial charge on any atom is -0.395 e. The van der Waals surface area contributed by atoms with Crippen molar-refractivity contribution in [1.82, 2.24) is 14.7 Å². The van der Waals surface area contributed by atoms with Gasteiger partial charge >= 0.3 is 0 Å². The van der Waals surface area contributed by atoms with Crippen molar-refractivity contribution in [1.29, 1.82) is 0 Å². The lowest BCUT2D eigenvalue weighted by Crippen LogP contribution is -2.47. The molecule has 0 aromatic heterocycles. The lowest BCUT2D eigenvalue weighted by molar-refractivity contribution is -0.108. The third-order valence-corrected chi connectivity index (χ3v) is 8.55. The minimum atomic E-state index is 0.252. The van der Waals surface area contributed by atoms with E-state index in [0.717, 1.165) is 84.7 Å².